The van der Waals surface area contributed by atoms with Gasteiger partial charge in [0, 0.05) is 11.6 Å². The molecule has 0 aromatic heterocycles. The lowest BCUT2D eigenvalue weighted by molar-refractivity contribution is 0.818. The van der Waals surface area contributed by atoms with Crippen molar-refractivity contribution in [3.63, 3.8) is 0 Å². The molecule has 11 heavy (non-hydrogen) atoms. The largest absolute Gasteiger partial charge is 0.316 e. The molecule has 0 spiro atoms. The Balaban J connectivity index is 0.000001000. The molecule has 0 unspecified atom stereocenters. The van der Waals surface area contributed by atoms with Crippen molar-refractivity contribution >= 4 is 28.6 Å². The zero-order valence-corrected chi connectivity index (χ0v) is 8.77. The third-order valence-electron chi connectivity index (χ3n) is 1.29. The van der Waals surface area contributed by atoms with Gasteiger partial charge in [0.25, 0.3) is 0 Å². The van der Waals surface area contributed by atoms with E-state index in [0.717, 1.165) is 11.6 Å². The molecule has 1 nitrogen and oxygen atoms in total. The van der Waals surface area contributed by atoms with Gasteiger partial charge in [-0.15, -0.1) is 17.0 Å². The van der Waals surface area contributed by atoms with Crippen LogP contribution in [-0.2, 0) is 6.54 Å². The predicted molar refractivity (Wildman–Crippen MR) is 54.5 cm³/mol. The molecule has 0 saturated heterocycles. The number of rotatable bonds is 2. The van der Waals surface area contributed by atoms with Crippen molar-refractivity contribution in [2.75, 3.05) is 7.05 Å². The molecule has 0 fully saturated rings. The Bertz CT molecular complexity index is 198. The summed E-state index contributed by atoms with van der Waals surface area (Å²) >= 11 is 5.69. The highest BCUT2D eigenvalue weighted by Gasteiger charge is 1.88. The third-order valence-corrected chi connectivity index (χ3v) is 1.55. The zero-order valence-electron chi connectivity index (χ0n) is 6.30. The van der Waals surface area contributed by atoms with Gasteiger partial charge in [-0.3, -0.25) is 0 Å². The monoisotopic (exact) mass is 235 g/mol. The van der Waals surface area contributed by atoms with Crippen molar-refractivity contribution in [2.45, 2.75) is 6.54 Å². The van der Waals surface area contributed by atoms with Crippen LogP contribution in [0.3, 0.4) is 0 Å². The minimum absolute atomic E-state index is 0. The van der Waals surface area contributed by atoms with Crippen molar-refractivity contribution in [1.82, 2.24) is 5.32 Å². The van der Waals surface area contributed by atoms with Crippen LogP contribution >= 0.6 is 28.6 Å². The molecule has 1 rings (SSSR count). The smallest absolute Gasteiger partial charge is 0.0406 e. The second kappa shape index (κ2) is 5.58. The Morgan fingerprint density at radius 3 is 2.27 bits per heavy atom. The van der Waals surface area contributed by atoms with Crippen LogP contribution in [0.25, 0.3) is 0 Å². The Hall–Kier alpha value is -0.0500. The second-order valence-corrected chi connectivity index (χ2v) is 2.59. The van der Waals surface area contributed by atoms with Gasteiger partial charge < -0.3 is 5.32 Å². The summed E-state index contributed by atoms with van der Waals surface area (Å²) in [5, 5.41) is 3.85. The van der Waals surface area contributed by atoms with E-state index in [1.54, 1.807) is 0 Å². The molecule has 1 N–H and O–H groups in total. The third kappa shape index (κ3) is 3.75. The summed E-state index contributed by atoms with van der Waals surface area (Å²) < 4.78 is 0. The molecular formula is C8H11BrClN. The van der Waals surface area contributed by atoms with Crippen molar-refractivity contribution < 1.29 is 0 Å². The van der Waals surface area contributed by atoms with Gasteiger partial charge in [0.15, 0.2) is 0 Å². The summed E-state index contributed by atoms with van der Waals surface area (Å²) in [6, 6.07) is 7.82. The minimum Gasteiger partial charge on any atom is -0.316 e. The lowest BCUT2D eigenvalue weighted by Gasteiger charge is -1.97. The molecular weight excluding hydrogens is 225 g/mol. The van der Waals surface area contributed by atoms with E-state index in [4.69, 9.17) is 11.6 Å². The lowest BCUT2D eigenvalue weighted by atomic mass is 10.2. The van der Waals surface area contributed by atoms with Gasteiger partial charge in [-0.25, -0.2) is 0 Å². The van der Waals surface area contributed by atoms with Crippen LogP contribution in [0.15, 0.2) is 24.3 Å². The fourth-order valence-electron chi connectivity index (χ4n) is 0.806. The standard InChI is InChI=1S/C8H10ClN.BrH/c1-10-6-7-2-4-8(9)5-3-7;/h2-5,10H,6H2,1H3;1H. The Labute approximate surface area is 82.5 Å². The molecule has 1 aromatic carbocycles. The first-order valence-electron chi connectivity index (χ1n) is 3.22. The van der Waals surface area contributed by atoms with Crippen molar-refractivity contribution in [3.05, 3.63) is 34.9 Å². The highest BCUT2D eigenvalue weighted by atomic mass is 79.9. The molecule has 0 aliphatic heterocycles. The summed E-state index contributed by atoms with van der Waals surface area (Å²) in [5.41, 5.74) is 1.26. The SMILES string of the molecule is Br.CNCc1ccc(Cl)cc1. The van der Waals surface area contributed by atoms with Gasteiger partial charge in [-0.05, 0) is 24.7 Å². The maximum absolute atomic E-state index is 5.69. The van der Waals surface area contributed by atoms with Crippen LogP contribution in [0.4, 0.5) is 0 Å². The average Bonchev–Trinajstić information content (AvgIpc) is 1.95. The van der Waals surface area contributed by atoms with Gasteiger partial charge in [0.1, 0.15) is 0 Å². The lowest BCUT2D eigenvalue weighted by Crippen LogP contribution is -2.04. The van der Waals surface area contributed by atoms with E-state index in [9.17, 15) is 0 Å². The van der Waals surface area contributed by atoms with Gasteiger partial charge in [-0.1, -0.05) is 23.7 Å². The molecule has 1 aromatic rings. The fourth-order valence-corrected chi connectivity index (χ4v) is 0.932. The number of benzene rings is 1. The maximum Gasteiger partial charge on any atom is 0.0406 e. The second-order valence-electron chi connectivity index (χ2n) is 2.16. The van der Waals surface area contributed by atoms with E-state index in [-0.39, 0.29) is 17.0 Å². The first-order valence-corrected chi connectivity index (χ1v) is 3.60. The van der Waals surface area contributed by atoms with E-state index in [1.165, 1.54) is 5.56 Å². The normalized spacial score (nSPS) is 8.91. The van der Waals surface area contributed by atoms with Crippen LogP contribution in [0.5, 0.6) is 0 Å². The van der Waals surface area contributed by atoms with E-state index in [2.05, 4.69) is 5.32 Å². The van der Waals surface area contributed by atoms with Gasteiger partial charge in [0.2, 0.25) is 0 Å². The summed E-state index contributed by atoms with van der Waals surface area (Å²) in [5.74, 6) is 0. The van der Waals surface area contributed by atoms with Crippen LogP contribution in [0, 0.1) is 0 Å². The molecule has 3 heteroatoms. The van der Waals surface area contributed by atoms with Gasteiger partial charge in [-0.2, -0.15) is 0 Å². The van der Waals surface area contributed by atoms with E-state index >= 15 is 0 Å². The Morgan fingerprint density at radius 1 is 1.27 bits per heavy atom. The Morgan fingerprint density at radius 2 is 1.82 bits per heavy atom. The van der Waals surface area contributed by atoms with Crippen molar-refractivity contribution in [3.8, 4) is 0 Å². The first-order chi connectivity index (χ1) is 4.83. The summed E-state index contributed by atoms with van der Waals surface area (Å²) in [7, 11) is 1.93. The van der Waals surface area contributed by atoms with E-state index in [1.807, 2.05) is 31.3 Å². The quantitative estimate of drug-likeness (QED) is 0.832. The highest BCUT2D eigenvalue weighted by Crippen LogP contribution is 2.08. The van der Waals surface area contributed by atoms with Crippen molar-refractivity contribution in [1.29, 1.82) is 0 Å². The van der Waals surface area contributed by atoms with E-state index < -0.39 is 0 Å². The molecule has 0 atom stereocenters. The molecule has 0 heterocycles. The topological polar surface area (TPSA) is 12.0 Å². The fraction of sp³-hybridized carbons (Fsp3) is 0.250. The number of halogens is 2. The van der Waals surface area contributed by atoms with Crippen LogP contribution in [-0.4, -0.2) is 7.05 Å². The number of hydrogen-bond acceptors (Lipinski definition) is 1. The zero-order chi connectivity index (χ0) is 7.40. The summed E-state index contributed by atoms with van der Waals surface area (Å²) in [6.45, 7) is 0.900. The van der Waals surface area contributed by atoms with Crippen molar-refractivity contribution in [2.24, 2.45) is 0 Å². The molecule has 62 valence electrons. The molecule has 0 aliphatic carbocycles. The molecule has 0 saturated carbocycles. The van der Waals surface area contributed by atoms with E-state index in [0.29, 0.717) is 0 Å². The predicted octanol–water partition coefficient (Wildman–Crippen LogP) is 2.64. The van der Waals surface area contributed by atoms with Gasteiger partial charge >= 0.3 is 0 Å². The van der Waals surface area contributed by atoms with Crippen LogP contribution in [0.1, 0.15) is 5.56 Å². The number of nitrogens with one attached hydrogen (secondary N) is 1. The molecule has 0 bridgehead atoms. The molecule has 0 radical (unpaired) electrons. The number of hydrogen-bond donors (Lipinski definition) is 1. The molecule has 0 amide bonds. The van der Waals surface area contributed by atoms with Gasteiger partial charge in [0.05, 0.1) is 0 Å². The van der Waals surface area contributed by atoms with Crippen LogP contribution < -0.4 is 5.32 Å². The summed E-state index contributed by atoms with van der Waals surface area (Å²) in [6.07, 6.45) is 0. The Kier molecular flexibility index (Phi) is 5.56. The average molecular weight is 237 g/mol. The highest BCUT2D eigenvalue weighted by molar-refractivity contribution is 8.93. The molecule has 0 aliphatic rings. The summed E-state index contributed by atoms with van der Waals surface area (Å²) in [4.78, 5) is 0. The van der Waals surface area contributed by atoms with Crippen LogP contribution in [0.2, 0.25) is 5.02 Å². The minimum atomic E-state index is 0. The first kappa shape index (κ1) is 11.0. The maximum atomic E-state index is 5.69.